The van der Waals surface area contributed by atoms with Crippen LogP contribution in [0.5, 0.6) is 0 Å². The highest BCUT2D eigenvalue weighted by Crippen LogP contribution is 2.29. The van der Waals surface area contributed by atoms with Crippen LogP contribution in [0.15, 0.2) is 48.5 Å². The number of nitrogens with two attached hydrogens (primary N) is 1. The van der Waals surface area contributed by atoms with Crippen molar-refractivity contribution in [1.29, 1.82) is 0 Å². The third-order valence-electron chi connectivity index (χ3n) is 4.33. The minimum Gasteiger partial charge on any atom is -0.382 e. The Morgan fingerprint density at radius 1 is 0.909 bits per heavy atom. The number of nitrogens with zero attached hydrogens (tertiary/aromatic N) is 3. The van der Waals surface area contributed by atoms with Crippen molar-refractivity contribution in [2.75, 3.05) is 5.73 Å². The minimum atomic E-state index is 0.585. The molecule has 0 amide bonds. The zero-order chi connectivity index (χ0) is 14.9. The summed E-state index contributed by atoms with van der Waals surface area (Å²) in [4.78, 5) is 0. The average molecular weight is 290 g/mol. The number of aromatic nitrogens is 3. The molecule has 110 valence electrons. The van der Waals surface area contributed by atoms with Crippen molar-refractivity contribution in [3.8, 4) is 16.9 Å². The summed E-state index contributed by atoms with van der Waals surface area (Å²) in [6, 6.07) is 16.4. The number of anilines is 1. The van der Waals surface area contributed by atoms with Gasteiger partial charge in [0, 0.05) is 5.56 Å². The van der Waals surface area contributed by atoms with E-state index in [-0.39, 0.29) is 0 Å². The Hall–Kier alpha value is -2.62. The molecule has 0 radical (unpaired) electrons. The fourth-order valence-electron chi connectivity index (χ4n) is 3.14. The van der Waals surface area contributed by atoms with E-state index in [0.717, 1.165) is 23.4 Å². The summed E-state index contributed by atoms with van der Waals surface area (Å²) >= 11 is 0. The predicted octanol–water partition coefficient (Wildman–Crippen LogP) is 3.40. The van der Waals surface area contributed by atoms with Crippen molar-refractivity contribution in [2.45, 2.75) is 25.7 Å². The van der Waals surface area contributed by atoms with Crippen LogP contribution in [-0.4, -0.2) is 15.0 Å². The van der Waals surface area contributed by atoms with Crippen LogP contribution in [0, 0.1) is 0 Å². The summed E-state index contributed by atoms with van der Waals surface area (Å²) in [6.45, 7) is 0. The summed E-state index contributed by atoms with van der Waals surface area (Å²) in [7, 11) is 0. The van der Waals surface area contributed by atoms with Gasteiger partial charge in [0.15, 0.2) is 5.82 Å². The maximum atomic E-state index is 6.28. The molecule has 0 unspecified atom stereocenters. The van der Waals surface area contributed by atoms with E-state index < -0.39 is 0 Å². The van der Waals surface area contributed by atoms with Gasteiger partial charge in [0.1, 0.15) is 5.69 Å². The van der Waals surface area contributed by atoms with E-state index >= 15 is 0 Å². The number of fused-ring (bicyclic) bond motifs is 1. The van der Waals surface area contributed by atoms with Crippen LogP contribution < -0.4 is 5.73 Å². The van der Waals surface area contributed by atoms with Crippen LogP contribution in [-0.2, 0) is 12.8 Å². The molecule has 0 saturated carbocycles. The molecular formula is C18H18N4. The third-order valence-corrected chi connectivity index (χ3v) is 4.33. The molecule has 2 N–H and O–H groups in total. The summed E-state index contributed by atoms with van der Waals surface area (Å²) < 4.78 is 1.69. The number of para-hydroxylation sites is 1. The molecule has 0 atom stereocenters. The second kappa shape index (κ2) is 5.30. The first-order valence-corrected chi connectivity index (χ1v) is 7.72. The highest BCUT2D eigenvalue weighted by Gasteiger charge is 2.15. The van der Waals surface area contributed by atoms with Gasteiger partial charge in [-0.2, -0.15) is 4.68 Å². The van der Waals surface area contributed by atoms with Crippen molar-refractivity contribution >= 4 is 5.82 Å². The highest BCUT2D eigenvalue weighted by atomic mass is 15.5. The predicted molar refractivity (Wildman–Crippen MR) is 87.8 cm³/mol. The van der Waals surface area contributed by atoms with Gasteiger partial charge < -0.3 is 5.73 Å². The lowest BCUT2D eigenvalue weighted by Gasteiger charge is -2.16. The number of hydrogen-bond acceptors (Lipinski definition) is 3. The Kier molecular flexibility index (Phi) is 3.15. The molecule has 4 heteroatoms. The Balaban J connectivity index is 1.76. The maximum Gasteiger partial charge on any atom is 0.155 e. The fourth-order valence-corrected chi connectivity index (χ4v) is 3.14. The maximum absolute atomic E-state index is 6.28. The van der Waals surface area contributed by atoms with E-state index in [9.17, 15) is 0 Å². The molecule has 3 aromatic rings. The van der Waals surface area contributed by atoms with Crippen LogP contribution >= 0.6 is 0 Å². The Labute approximate surface area is 129 Å². The second-order valence-corrected chi connectivity index (χ2v) is 5.76. The van der Waals surface area contributed by atoms with E-state index in [1.54, 1.807) is 4.68 Å². The van der Waals surface area contributed by atoms with Crippen LogP contribution in [0.3, 0.4) is 0 Å². The molecular weight excluding hydrogens is 272 g/mol. The molecule has 22 heavy (non-hydrogen) atoms. The molecule has 0 aliphatic heterocycles. The van der Waals surface area contributed by atoms with Gasteiger partial charge in [0.2, 0.25) is 0 Å². The second-order valence-electron chi connectivity index (χ2n) is 5.76. The molecule has 0 fully saturated rings. The number of hydrogen-bond donors (Lipinski definition) is 1. The number of nitrogen functional groups attached to an aromatic ring is 1. The number of benzene rings is 2. The monoisotopic (exact) mass is 290 g/mol. The van der Waals surface area contributed by atoms with Crippen LogP contribution in [0.4, 0.5) is 5.82 Å². The quantitative estimate of drug-likeness (QED) is 0.787. The zero-order valence-electron chi connectivity index (χ0n) is 12.4. The molecule has 1 aliphatic carbocycles. The first kappa shape index (κ1) is 13.1. The van der Waals surface area contributed by atoms with Crippen molar-refractivity contribution in [1.82, 2.24) is 15.0 Å². The van der Waals surface area contributed by atoms with Crippen molar-refractivity contribution < 1.29 is 0 Å². The zero-order valence-corrected chi connectivity index (χ0v) is 12.4. The van der Waals surface area contributed by atoms with Gasteiger partial charge in [-0.1, -0.05) is 35.5 Å². The Morgan fingerprint density at radius 2 is 1.68 bits per heavy atom. The SMILES string of the molecule is Nc1c(-c2ccc3c(c2)CCCC3)nnn1-c1ccccc1. The largest absolute Gasteiger partial charge is 0.382 e. The topological polar surface area (TPSA) is 56.7 Å². The van der Waals surface area contributed by atoms with Crippen molar-refractivity contribution in [3.05, 3.63) is 59.7 Å². The average Bonchev–Trinajstić information content (AvgIpc) is 2.97. The van der Waals surface area contributed by atoms with E-state index in [1.165, 1.54) is 30.4 Å². The summed E-state index contributed by atoms with van der Waals surface area (Å²) in [5.41, 5.74) is 11.9. The summed E-state index contributed by atoms with van der Waals surface area (Å²) in [6.07, 6.45) is 4.89. The molecule has 1 heterocycles. The van der Waals surface area contributed by atoms with E-state index in [1.807, 2.05) is 30.3 Å². The van der Waals surface area contributed by atoms with Crippen LogP contribution in [0.1, 0.15) is 24.0 Å². The Morgan fingerprint density at radius 3 is 2.50 bits per heavy atom. The first-order valence-electron chi connectivity index (χ1n) is 7.72. The van der Waals surface area contributed by atoms with Gasteiger partial charge in [0.05, 0.1) is 5.69 Å². The molecule has 1 aromatic heterocycles. The molecule has 1 aliphatic rings. The van der Waals surface area contributed by atoms with Crippen LogP contribution in [0.25, 0.3) is 16.9 Å². The van der Waals surface area contributed by atoms with E-state index in [0.29, 0.717) is 5.82 Å². The lowest BCUT2D eigenvalue weighted by Crippen LogP contribution is -2.03. The normalized spacial score (nSPS) is 13.8. The van der Waals surface area contributed by atoms with Gasteiger partial charge in [0.25, 0.3) is 0 Å². The lowest BCUT2D eigenvalue weighted by atomic mass is 9.90. The van der Waals surface area contributed by atoms with Gasteiger partial charge in [-0.15, -0.1) is 5.10 Å². The standard InChI is InChI=1S/C18H18N4/c19-18-17(20-21-22(18)16-8-2-1-3-9-16)15-11-10-13-6-4-5-7-14(13)12-15/h1-3,8-12H,4-7,19H2. The lowest BCUT2D eigenvalue weighted by molar-refractivity contribution is 0.686. The summed E-state index contributed by atoms with van der Waals surface area (Å²) in [5, 5.41) is 8.52. The van der Waals surface area contributed by atoms with E-state index in [4.69, 9.17) is 5.73 Å². The summed E-state index contributed by atoms with van der Waals surface area (Å²) in [5.74, 6) is 0.585. The molecule has 0 spiro atoms. The smallest absolute Gasteiger partial charge is 0.155 e. The van der Waals surface area contributed by atoms with Gasteiger partial charge in [-0.3, -0.25) is 0 Å². The van der Waals surface area contributed by atoms with E-state index in [2.05, 4.69) is 28.5 Å². The molecule has 2 aromatic carbocycles. The molecule has 4 nitrogen and oxygen atoms in total. The van der Waals surface area contributed by atoms with Crippen molar-refractivity contribution in [2.24, 2.45) is 0 Å². The first-order chi connectivity index (χ1) is 10.8. The number of aryl methyl sites for hydroxylation is 2. The Bertz CT molecular complexity index is 805. The molecule has 0 saturated heterocycles. The molecule has 0 bridgehead atoms. The van der Waals surface area contributed by atoms with Crippen molar-refractivity contribution in [3.63, 3.8) is 0 Å². The number of rotatable bonds is 2. The minimum absolute atomic E-state index is 0.585. The van der Waals surface area contributed by atoms with Gasteiger partial charge >= 0.3 is 0 Å². The molecule has 4 rings (SSSR count). The van der Waals surface area contributed by atoms with Gasteiger partial charge in [-0.25, -0.2) is 0 Å². The third kappa shape index (κ3) is 2.17. The highest BCUT2D eigenvalue weighted by molar-refractivity contribution is 5.72. The van der Waals surface area contributed by atoms with Gasteiger partial charge in [-0.05, 0) is 55.0 Å². The van der Waals surface area contributed by atoms with Crippen LogP contribution in [0.2, 0.25) is 0 Å². The fraction of sp³-hybridized carbons (Fsp3) is 0.222.